The van der Waals surface area contributed by atoms with Gasteiger partial charge in [0, 0.05) is 30.2 Å². The van der Waals surface area contributed by atoms with Crippen molar-refractivity contribution in [2.45, 2.75) is 37.8 Å². The Kier molecular flexibility index (Phi) is 9.01. The second-order valence-corrected chi connectivity index (χ2v) is 13.1. The van der Waals surface area contributed by atoms with Crippen LogP contribution in [0.4, 0.5) is 16.2 Å². The molecule has 0 saturated carbocycles. The summed E-state index contributed by atoms with van der Waals surface area (Å²) in [6, 6.07) is 24.9. The number of hydrogen-bond donors (Lipinski definition) is 2. The van der Waals surface area contributed by atoms with E-state index in [4.69, 9.17) is 4.74 Å². The number of nitrogens with one attached hydrogen (secondary N) is 2. The molecule has 3 aromatic carbocycles. The lowest BCUT2D eigenvalue weighted by molar-refractivity contribution is -0.111. The molecular formula is C34H33N5O5S. The topological polar surface area (TPSA) is 124 Å². The summed E-state index contributed by atoms with van der Waals surface area (Å²) < 4.78 is 34.8. The van der Waals surface area contributed by atoms with Gasteiger partial charge in [-0.25, -0.2) is 17.2 Å². The molecule has 0 bridgehead atoms. The Morgan fingerprint density at radius 3 is 2.20 bits per heavy atom. The zero-order valence-electron chi connectivity index (χ0n) is 25.0. The Morgan fingerprint density at radius 2 is 1.51 bits per heavy atom. The molecule has 2 heterocycles. The maximum atomic E-state index is 13.3. The van der Waals surface area contributed by atoms with Gasteiger partial charge < -0.3 is 10.1 Å². The van der Waals surface area contributed by atoms with Gasteiger partial charge in [-0.15, -0.1) is 0 Å². The van der Waals surface area contributed by atoms with Gasteiger partial charge in [0.05, 0.1) is 29.0 Å². The van der Waals surface area contributed by atoms with Crippen molar-refractivity contribution in [3.63, 3.8) is 0 Å². The van der Waals surface area contributed by atoms with Gasteiger partial charge in [-0.05, 0) is 73.9 Å². The van der Waals surface area contributed by atoms with Crippen molar-refractivity contribution >= 4 is 39.5 Å². The molecule has 0 spiro atoms. The molecule has 11 heteroatoms. The van der Waals surface area contributed by atoms with Crippen LogP contribution >= 0.6 is 0 Å². The van der Waals surface area contributed by atoms with E-state index in [1.807, 2.05) is 41.2 Å². The fourth-order valence-corrected chi connectivity index (χ4v) is 5.62. The van der Waals surface area contributed by atoms with Crippen LogP contribution in [-0.2, 0) is 26.1 Å². The van der Waals surface area contributed by atoms with Crippen molar-refractivity contribution < 1.29 is 22.7 Å². The lowest BCUT2D eigenvalue weighted by atomic mass is 10.1. The fraction of sp³-hybridized carbons (Fsp3) is 0.147. The van der Waals surface area contributed by atoms with E-state index in [0.717, 1.165) is 20.7 Å². The zero-order valence-corrected chi connectivity index (χ0v) is 25.9. The monoisotopic (exact) mass is 623 g/mol. The fourth-order valence-electron chi connectivity index (χ4n) is 4.41. The molecular weight excluding hydrogens is 590 g/mol. The van der Waals surface area contributed by atoms with Crippen LogP contribution < -0.4 is 10.6 Å². The summed E-state index contributed by atoms with van der Waals surface area (Å²) in [5, 5.41) is 9.77. The molecule has 45 heavy (non-hydrogen) atoms. The molecule has 2 amide bonds. The normalized spacial score (nSPS) is 11.8. The largest absolute Gasteiger partial charge is 0.444 e. The average Bonchev–Trinajstić information content (AvgIpc) is 3.67. The van der Waals surface area contributed by atoms with E-state index in [2.05, 4.69) is 15.7 Å². The van der Waals surface area contributed by atoms with Crippen molar-refractivity contribution in [1.82, 2.24) is 13.8 Å². The van der Waals surface area contributed by atoms with Crippen LogP contribution in [0.25, 0.3) is 17.2 Å². The van der Waals surface area contributed by atoms with Gasteiger partial charge in [0.1, 0.15) is 5.60 Å². The molecule has 0 aliphatic rings. The Bertz CT molecular complexity index is 1940. The third-order valence-corrected chi connectivity index (χ3v) is 8.17. The van der Waals surface area contributed by atoms with Crippen LogP contribution in [-0.4, -0.2) is 39.8 Å². The molecule has 5 rings (SSSR count). The van der Waals surface area contributed by atoms with E-state index in [1.165, 1.54) is 24.5 Å². The maximum absolute atomic E-state index is 13.3. The number of aromatic nitrogens is 3. The van der Waals surface area contributed by atoms with E-state index in [-0.39, 0.29) is 4.90 Å². The molecule has 0 saturated heterocycles. The Balaban J connectivity index is 1.22. The quantitative estimate of drug-likeness (QED) is 0.178. The molecule has 0 aliphatic heterocycles. The Labute approximate surface area is 262 Å². The summed E-state index contributed by atoms with van der Waals surface area (Å²) >= 11 is 0. The second kappa shape index (κ2) is 13.1. The van der Waals surface area contributed by atoms with Crippen LogP contribution in [0.1, 0.15) is 31.9 Å². The van der Waals surface area contributed by atoms with Crippen LogP contribution in [0.15, 0.2) is 121 Å². The van der Waals surface area contributed by atoms with Gasteiger partial charge in [-0.3, -0.25) is 14.8 Å². The van der Waals surface area contributed by atoms with Crippen LogP contribution in [0.2, 0.25) is 0 Å². The summed E-state index contributed by atoms with van der Waals surface area (Å²) in [5.41, 5.74) is 3.45. The molecule has 5 aromatic rings. The number of benzene rings is 3. The van der Waals surface area contributed by atoms with Crippen molar-refractivity contribution in [1.29, 1.82) is 0 Å². The Morgan fingerprint density at radius 1 is 0.844 bits per heavy atom. The van der Waals surface area contributed by atoms with Gasteiger partial charge in [-0.1, -0.05) is 54.6 Å². The number of nitrogens with zero attached hydrogens (tertiary/aromatic N) is 3. The van der Waals surface area contributed by atoms with Gasteiger partial charge in [0.25, 0.3) is 10.0 Å². The van der Waals surface area contributed by atoms with E-state index in [9.17, 15) is 18.0 Å². The number of rotatable bonds is 9. The van der Waals surface area contributed by atoms with E-state index in [0.29, 0.717) is 23.5 Å². The molecule has 0 atom stereocenters. The Hall–Kier alpha value is -5.42. The number of ether oxygens (including phenoxy) is 1. The summed E-state index contributed by atoms with van der Waals surface area (Å²) in [4.78, 5) is 25.0. The first-order valence-corrected chi connectivity index (χ1v) is 15.6. The lowest BCUT2D eigenvalue weighted by Gasteiger charge is -2.20. The van der Waals surface area contributed by atoms with Crippen LogP contribution in [0.5, 0.6) is 0 Å². The molecule has 0 radical (unpaired) electrons. The third kappa shape index (κ3) is 8.15. The van der Waals surface area contributed by atoms with Gasteiger partial charge in [0.15, 0.2) is 0 Å². The molecule has 2 aromatic heterocycles. The number of hydrogen-bond acceptors (Lipinski definition) is 6. The predicted molar refractivity (Wildman–Crippen MR) is 174 cm³/mol. The van der Waals surface area contributed by atoms with E-state index in [1.54, 1.807) is 81.6 Å². The van der Waals surface area contributed by atoms with Gasteiger partial charge in [0.2, 0.25) is 5.91 Å². The van der Waals surface area contributed by atoms with Crippen LogP contribution in [0, 0.1) is 0 Å². The zero-order chi connectivity index (χ0) is 32.0. The number of anilines is 2. The number of para-hydroxylation sites is 2. The molecule has 0 aliphatic carbocycles. The van der Waals surface area contributed by atoms with E-state index < -0.39 is 27.6 Å². The third-order valence-electron chi connectivity index (χ3n) is 6.52. The minimum absolute atomic E-state index is 0.126. The average molecular weight is 624 g/mol. The minimum Gasteiger partial charge on any atom is -0.444 e. The second-order valence-electron chi connectivity index (χ2n) is 11.2. The summed E-state index contributed by atoms with van der Waals surface area (Å²) in [5.74, 6) is -0.466. The predicted octanol–water partition coefficient (Wildman–Crippen LogP) is 6.64. The van der Waals surface area contributed by atoms with Crippen molar-refractivity contribution in [3.8, 4) is 11.1 Å². The van der Waals surface area contributed by atoms with Crippen LogP contribution in [0.3, 0.4) is 0 Å². The highest BCUT2D eigenvalue weighted by molar-refractivity contribution is 7.90. The van der Waals surface area contributed by atoms with Gasteiger partial charge >= 0.3 is 6.09 Å². The number of carbonyl (C=O) groups is 2. The smallest absolute Gasteiger partial charge is 0.412 e. The number of carbonyl (C=O) groups excluding carboxylic acids is 2. The summed E-state index contributed by atoms with van der Waals surface area (Å²) in [7, 11) is -3.86. The summed E-state index contributed by atoms with van der Waals surface area (Å²) in [6.07, 6.45) is 8.67. The first-order chi connectivity index (χ1) is 21.5. The maximum Gasteiger partial charge on any atom is 0.412 e. The molecule has 230 valence electrons. The number of amides is 2. The highest BCUT2D eigenvalue weighted by Gasteiger charge is 2.18. The van der Waals surface area contributed by atoms with E-state index >= 15 is 0 Å². The first kappa shape index (κ1) is 31.0. The molecule has 2 N–H and O–H groups in total. The molecule has 10 nitrogen and oxygen atoms in total. The standard InChI is InChI=1S/C34H33N5O5S/c1-34(2,3)44-33(41)37-31-12-8-7-11-30(31)36-32(40)18-13-26-19-20-39(23-26)45(42,43)29-16-14-27(15-17-29)28-21-35-38(24-28)22-25-9-5-4-6-10-25/h4-21,23-24H,22H2,1-3H3,(H,36,40)(H,37,41). The molecule has 0 fully saturated rings. The van der Waals surface area contributed by atoms with Crippen molar-refractivity contribution in [2.24, 2.45) is 0 Å². The minimum atomic E-state index is -3.86. The van der Waals surface area contributed by atoms with Gasteiger partial charge in [-0.2, -0.15) is 5.10 Å². The molecule has 0 unspecified atom stereocenters. The summed E-state index contributed by atoms with van der Waals surface area (Å²) in [6.45, 7) is 5.90. The highest BCUT2D eigenvalue weighted by Crippen LogP contribution is 2.24. The highest BCUT2D eigenvalue weighted by atomic mass is 32.2. The van der Waals surface area contributed by atoms with Crippen molar-refractivity contribution in [3.05, 3.63) is 127 Å². The lowest BCUT2D eigenvalue weighted by Crippen LogP contribution is -2.27. The first-order valence-electron chi connectivity index (χ1n) is 14.1. The SMILES string of the molecule is CC(C)(C)OC(=O)Nc1ccccc1NC(=O)C=Cc1ccn(S(=O)(=O)c2ccc(-c3cnn(Cc4ccccc4)c3)cc2)c1. The van der Waals surface area contributed by atoms with Crippen molar-refractivity contribution in [2.75, 3.05) is 10.6 Å².